The van der Waals surface area contributed by atoms with Crippen LogP contribution in [0.4, 0.5) is 92.2 Å². The van der Waals surface area contributed by atoms with E-state index in [0.29, 0.717) is 0 Å². The monoisotopic (exact) mass is 520 g/mol. The maximum Gasteiger partial charge on any atom is 0.454 e. The first kappa shape index (κ1) is 29.5. The number of halogens is 21. The summed E-state index contributed by atoms with van der Waals surface area (Å²) in [6.45, 7) is 0. The van der Waals surface area contributed by atoms with Crippen molar-refractivity contribution in [1.29, 1.82) is 0 Å². The van der Waals surface area contributed by atoms with Crippen LogP contribution in [-0.4, -0.2) is 48.6 Å². The lowest BCUT2D eigenvalue weighted by Crippen LogP contribution is -2.78. The van der Waals surface area contributed by atoms with E-state index in [1.165, 1.54) is 0 Å². The lowest BCUT2D eigenvalue weighted by Gasteiger charge is -2.52. The average molecular weight is 520 g/mol. The van der Waals surface area contributed by atoms with Gasteiger partial charge in [0.1, 0.15) is 0 Å². The molecule has 0 N–H and O–H groups in total. The van der Waals surface area contributed by atoms with Crippen molar-refractivity contribution in [2.45, 2.75) is 48.6 Å². The topological polar surface area (TPSA) is 0 Å². The van der Waals surface area contributed by atoms with E-state index in [4.69, 9.17) is 0 Å². The molecule has 0 saturated carbocycles. The maximum atomic E-state index is 13.4. The average Bonchev–Trinajstić information content (AvgIpc) is 2.36. The van der Waals surface area contributed by atoms with Crippen LogP contribution in [0.1, 0.15) is 0 Å². The molecule has 0 bridgehead atoms. The fourth-order valence-corrected chi connectivity index (χ4v) is 2.41. The van der Waals surface area contributed by atoms with Gasteiger partial charge in [0, 0.05) is 0 Å². The molecule has 21 heteroatoms. The third-order valence-corrected chi connectivity index (χ3v) is 3.65. The molecule has 1 unspecified atom stereocenters. The third kappa shape index (κ3) is 4.04. The Bertz CT molecular complexity index is 606. The number of alkyl halides is 21. The van der Waals surface area contributed by atoms with E-state index in [1.54, 1.807) is 0 Å². The van der Waals surface area contributed by atoms with Crippen LogP contribution in [-0.2, 0) is 0 Å². The Balaban J connectivity index is 8.34. The molecule has 0 heterocycles. The molecular formula is C10HF21. The summed E-state index contributed by atoms with van der Waals surface area (Å²) in [7, 11) is 0. The van der Waals surface area contributed by atoms with Crippen molar-refractivity contribution in [2.24, 2.45) is 11.3 Å². The Morgan fingerprint density at radius 1 is 0.323 bits per heavy atom. The smallest absolute Gasteiger partial charge is 0.196 e. The molecule has 188 valence electrons. The Labute approximate surface area is 153 Å². The van der Waals surface area contributed by atoms with Crippen molar-refractivity contribution in [3.8, 4) is 0 Å². The molecule has 0 aromatic carbocycles. The number of hydrogen-bond donors (Lipinski definition) is 0. The molecule has 1 atom stereocenters. The van der Waals surface area contributed by atoms with Gasteiger partial charge in [-0.25, -0.2) is 0 Å². The fraction of sp³-hybridized carbons (Fsp3) is 1.00. The lowest BCUT2D eigenvalue weighted by atomic mass is 9.61. The zero-order valence-corrected chi connectivity index (χ0v) is 13.0. The highest BCUT2D eigenvalue weighted by molar-refractivity contribution is 5.19. The Kier molecular flexibility index (Phi) is 6.68. The molecule has 0 spiro atoms. The van der Waals surface area contributed by atoms with Gasteiger partial charge in [-0.15, -0.1) is 0 Å². The molecule has 0 aromatic heterocycles. The largest absolute Gasteiger partial charge is 0.454 e. The molecule has 31 heavy (non-hydrogen) atoms. The summed E-state index contributed by atoms with van der Waals surface area (Å²) < 4.78 is 268. The summed E-state index contributed by atoms with van der Waals surface area (Å²) in [6.07, 6.45) is -43.0. The highest BCUT2D eigenvalue weighted by atomic mass is 19.4. The van der Waals surface area contributed by atoms with E-state index in [2.05, 4.69) is 0 Å². The second-order valence-electron chi connectivity index (χ2n) is 5.55. The van der Waals surface area contributed by atoms with Crippen LogP contribution < -0.4 is 0 Å². The molecule has 0 rings (SSSR count). The Hall–Kier alpha value is -1.47. The first-order chi connectivity index (χ1) is 12.9. The zero-order valence-electron chi connectivity index (χ0n) is 13.0. The van der Waals surface area contributed by atoms with Crippen LogP contribution >= 0.6 is 0 Å². The summed E-state index contributed by atoms with van der Waals surface area (Å²) in [4.78, 5) is 0. The Morgan fingerprint density at radius 2 is 0.581 bits per heavy atom. The van der Waals surface area contributed by atoms with Gasteiger partial charge in [-0.2, -0.15) is 92.2 Å². The minimum absolute atomic E-state index is 8.03. The zero-order chi connectivity index (χ0) is 26.1. The van der Waals surface area contributed by atoms with Gasteiger partial charge in [-0.1, -0.05) is 0 Å². The van der Waals surface area contributed by atoms with Gasteiger partial charge in [0.2, 0.25) is 5.41 Å². The lowest BCUT2D eigenvalue weighted by molar-refractivity contribution is -0.512. The molecule has 0 aliphatic heterocycles. The standard InChI is InChI=1S/C10HF21/c11-3(12,8(23,24)25)1(4(13,14)15)2(7(20,21)22,5(16,17)9(26,27)28)6(18,19)10(29,30)31/h1H. The van der Waals surface area contributed by atoms with Gasteiger partial charge in [0.15, 0.2) is 5.92 Å². The van der Waals surface area contributed by atoms with Crippen LogP contribution in [0, 0.1) is 11.3 Å². The predicted molar refractivity (Wildman–Crippen MR) is 51.0 cm³/mol. The van der Waals surface area contributed by atoms with Gasteiger partial charge >= 0.3 is 48.6 Å². The van der Waals surface area contributed by atoms with Gasteiger partial charge in [0.25, 0.3) is 0 Å². The minimum atomic E-state index is -9.47. The van der Waals surface area contributed by atoms with Crippen LogP contribution in [0.2, 0.25) is 0 Å². The van der Waals surface area contributed by atoms with Crippen LogP contribution in [0.5, 0.6) is 0 Å². The van der Waals surface area contributed by atoms with Crippen molar-refractivity contribution in [2.75, 3.05) is 0 Å². The normalized spacial score (nSPS) is 17.7. The summed E-state index contributed by atoms with van der Waals surface area (Å²) in [5.74, 6) is -35.1. The van der Waals surface area contributed by atoms with E-state index in [1.807, 2.05) is 0 Å². The van der Waals surface area contributed by atoms with Crippen LogP contribution in [0.15, 0.2) is 0 Å². The molecule has 0 aliphatic carbocycles. The van der Waals surface area contributed by atoms with Crippen LogP contribution in [0.25, 0.3) is 0 Å². The van der Waals surface area contributed by atoms with E-state index in [9.17, 15) is 92.2 Å². The second kappa shape index (κ2) is 7.01. The van der Waals surface area contributed by atoms with Crippen molar-refractivity contribution < 1.29 is 92.2 Å². The molecule has 0 radical (unpaired) electrons. The van der Waals surface area contributed by atoms with E-state index in [-0.39, 0.29) is 0 Å². The van der Waals surface area contributed by atoms with Crippen LogP contribution in [0.3, 0.4) is 0 Å². The molecule has 0 aromatic rings. The quantitative estimate of drug-likeness (QED) is 0.342. The SMILES string of the molecule is FC(F)(F)C(C(F)(F)C(F)(F)F)C(C(F)(F)F)(C(F)(F)C(F)(F)F)C(F)(F)C(F)(F)F. The van der Waals surface area contributed by atoms with E-state index in [0.717, 1.165) is 0 Å². The summed E-state index contributed by atoms with van der Waals surface area (Å²) in [6, 6.07) is 0. The summed E-state index contributed by atoms with van der Waals surface area (Å²) >= 11 is 0. The van der Waals surface area contributed by atoms with E-state index >= 15 is 0 Å². The maximum absolute atomic E-state index is 13.4. The van der Waals surface area contributed by atoms with Gasteiger partial charge in [0.05, 0.1) is 0 Å². The minimum Gasteiger partial charge on any atom is -0.196 e. The fourth-order valence-electron chi connectivity index (χ4n) is 2.41. The molecule has 0 saturated heterocycles. The number of rotatable bonds is 4. The molecule has 0 amide bonds. The first-order valence-corrected chi connectivity index (χ1v) is 6.33. The summed E-state index contributed by atoms with van der Waals surface area (Å²) in [5.41, 5.74) is -9.47. The molecule has 0 nitrogen and oxygen atoms in total. The Morgan fingerprint density at radius 3 is 0.710 bits per heavy atom. The highest BCUT2D eigenvalue weighted by Gasteiger charge is 3.00. The van der Waals surface area contributed by atoms with Crippen molar-refractivity contribution in [1.82, 2.24) is 0 Å². The number of hydrogen-bond acceptors (Lipinski definition) is 0. The first-order valence-electron chi connectivity index (χ1n) is 6.33. The van der Waals surface area contributed by atoms with Gasteiger partial charge in [-0.3, -0.25) is 0 Å². The summed E-state index contributed by atoms with van der Waals surface area (Å²) in [5, 5.41) is 0. The van der Waals surface area contributed by atoms with Gasteiger partial charge in [-0.05, 0) is 0 Å². The second-order valence-corrected chi connectivity index (χ2v) is 5.55. The molecule has 0 fully saturated rings. The van der Waals surface area contributed by atoms with Crippen molar-refractivity contribution in [3.05, 3.63) is 0 Å². The molecule has 0 aliphatic rings. The predicted octanol–water partition coefficient (Wildman–Crippen LogP) is 7.31. The van der Waals surface area contributed by atoms with Gasteiger partial charge < -0.3 is 0 Å². The van der Waals surface area contributed by atoms with E-state index < -0.39 is 60.0 Å². The van der Waals surface area contributed by atoms with Crippen molar-refractivity contribution >= 4 is 0 Å². The molecular weight excluding hydrogens is 519 g/mol. The highest BCUT2D eigenvalue weighted by Crippen LogP contribution is 2.74. The van der Waals surface area contributed by atoms with Crippen molar-refractivity contribution in [3.63, 3.8) is 0 Å². The third-order valence-electron chi connectivity index (χ3n) is 3.65.